The second-order valence-corrected chi connectivity index (χ2v) is 5.35. The van der Waals surface area contributed by atoms with Crippen molar-refractivity contribution in [2.24, 2.45) is 7.05 Å². The Morgan fingerprint density at radius 2 is 2.00 bits per heavy atom. The molecule has 1 atom stereocenters. The van der Waals surface area contributed by atoms with Gasteiger partial charge in [0.05, 0.1) is 6.20 Å². The van der Waals surface area contributed by atoms with Gasteiger partial charge in [-0.1, -0.05) is 0 Å². The molecule has 3 rings (SSSR count). The lowest BCUT2D eigenvalue weighted by atomic mass is 9.93. The average molecular weight is 295 g/mol. The molecule has 6 heteroatoms. The Morgan fingerprint density at radius 1 is 1.24 bits per heavy atom. The van der Waals surface area contributed by atoms with Gasteiger partial charge in [0, 0.05) is 42.5 Å². The predicted molar refractivity (Wildman–Crippen MR) is 72.0 cm³/mol. The van der Waals surface area contributed by atoms with Crippen LogP contribution in [0.5, 0.6) is 0 Å². The molecule has 21 heavy (non-hydrogen) atoms. The first-order chi connectivity index (χ1) is 10.1. The Kier molecular flexibility index (Phi) is 3.71. The SMILES string of the molecule is Cn1ncc2c1CCCC2NCc1cc(F)c(F)cc1F. The second-order valence-electron chi connectivity index (χ2n) is 5.35. The van der Waals surface area contributed by atoms with E-state index in [1.807, 2.05) is 17.9 Å². The van der Waals surface area contributed by atoms with Crippen molar-refractivity contribution in [3.63, 3.8) is 0 Å². The summed E-state index contributed by atoms with van der Waals surface area (Å²) in [6.07, 6.45) is 4.73. The van der Waals surface area contributed by atoms with E-state index in [1.165, 1.54) is 5.69 Å². The molecule has 0 amide bonds. The molecule has 2 aromatic rings. The third kappa shape index (κ3) is 2.68. The fourth-order valence-corrected chi connectivity index (χ4v) is 2.85. The normalized spacial score (nSPS) is 17.8. The van der Waals surface area contributed by atoms with Crippen molar-refractivity contribution in [1.29, 1.82) is 0 Å². The van der Waals surface area contributed by atoms with Gasteiger partial charge >= 0.3 is 0 Å². The third-order valence-corrected chi connectivity index (χ3v) is 4.00. The van der Waals surface area contributed by atoms with E-state index in [9.17, 15) is 13.2 Å². The van der Waals surface area contributed by atoms with Gasteiger partial charge in [-0.3, -0.25) is 4.68 Å². The van der Waals surface area contributed by atoms with Gasteiger partial charge in [0.25, 0.3) is 0 Å². The summed E-state index contributed by atoms with van der Waals surface area (Å²) in [6, 6.07) is 1.56. The minimum atomic E-state index is -1.16. The van der Waals surface area contributed by atoms with Crippen LogP contribution in [0.2, 0.25) is 0 Å². The van der Waals surface area contributed by atoms with E-state index in [4.69, 9.17) is 0 Å². The molecular formula is C15H16F3N3. The molecule has 3 nitrogen and oxygen atoms in total. The Hall–Kier alpha value is -1.82. The molecular weight excluding hydrogens is 279 g/mol. The molecule has 1 aromatic heterocycles. The zero-order valence-electron chi connectivity index (χ0n) is 11.7. The van der Waals surface area contributed by atoms with E-state index >= 15 is 0 Å². The summed E-state index contributed by atoms with van der Waals surface area (Å²) < 4.78 is 41.6. The summed E-state index contributed by atoms with van der Waals surface area (Å²) in [5.74, 6) is -2.93. The van der Waals surface area contributed by atoms with E-state index in [1.54, 1.807) is 0 Å². The molecule has 1 aliphatic carbocycles. The standard InChI is InChI=1S/C15H16F3N3/c1-21-15-4-2-3-14(10(15)8-20-21)19-7-9-5-12(17)13(18)6-11(9)16/h5-6,8,14,19H,2-4,7H2,1H3. The maximum absolute atomic E-state index is 13.6. The highest BCUT2D eigenvalue weighted by atomic mass is 19.2. The summed E-state index contributed by atoms with van der Waals surface area (Å²) in [7, 11) is 1.90. The van der Waals surface area contributed by atoms with Crippen LogP contribution in [0.3, 0.4) is 0 Å². The number of hydrogen-bond donors (Lipinski definition) is 1. The quantitative estimate of drug-likeness (QED) is 0.882. The fraction of sp³-hybridized carbons (Fsp3) is 0.400. The van der Waals surface area contributed by atoms with Crippen molar-refractivity contribution >= 4 is 0 Å². The van der Waals surface area contributed by atoms with Crippen LogP contribution in [0, 0.1) is 17.5 Å². The molecule has 0 radical (unpaired) electrons. The van der Waals surface area contributed by atoms with E-state index in [2.05, 4.69) is 10.4 Å². The number of nitrogens with zero attached hydrogens (tertiary/aromatic N) is 2. The maximum atomic E-state index is 13.6. The number of benzene rings is 1. The number of halogens is 3. The lowest BCUT2D eigenvalue weighted by Gasteiger charge is -2.24. The highest BCUT2D eigenvalue weighted by molar-refractivity contribution is 5.25. The van der Waals surface area contributed by atoms with Gasteiger partial charge in [-0.05, 0) is 25.3 Å². The van der Waals surface area contributed by atoms with E-state index < -0.39 is 17.5 Å². The van der Waals surface area contributed by atoms with Gasteiger partial charge in [0.2, 0.25) is 0 Å². The van der Waals surface area contributed by atoms with Crippen LogP contribution in [0.4, 0.5) is 13.2 Å². The van der Waals surface area contributed by atoms with Gasteiger partial charge in [-0.25, -0.2) is 13.2 Å². The lowest BCUT2D eigenvalue weighted by molar-refractivity contribution is 0.440. The van der Waals surface area contributed by atoms with Crippen LogP contribution in [0.25, 0.3) is 0 Å². The van der Waals surface area contributed by atoms with Crippen LogP contribution in [-0.2, 0) is 20.0 Å². The predicted octanol–water partition coefficient (Wildman–Crippen LogP) is 3.00. The summed E-state index contributed by atoms with van der Waals surface area (Å²) in [5, 5.41) is 7.45. The molecule has 0 aliphatic heterocycles. The summed E-state index contributed by atoms with van der Waals surface area (Å²) in [5.41, 5.74) is 2.40. The molecule has 1 N–H and O–H groups in total. The summed E-state index contributed by atoms with van der Waals surface area (Å²) in [6.45, 7) is 0.155. The Labute approximate surface area is 120 Å². The Balaban J connectivity index is 1.76. The molecule has 0 spiro atoms. The first kappa shape index (κ1) is 14.1. The highest BCUT2D eigenvalue weighted by Gasteiger charge is 2.23. The molecule has 1 unspecified atom stereocenters. The Morgan fingerprint density at radius 3 is 2.81 bits per heavy atom. The van der Waals surface area contributed by atoms with Gasteiger partial charge in [-0.2, -0.15) is 5.10 Å². The average Bonchev–Trinajstić information content (AvgIpc) is 2.84. The van der Waals surface area contributed by atoms with Crippen molar-refractivity contribution < 1.29 is 13.2 Å². The van der Waals surface area contributed by atoms with Gasteiger partial charge < -0.3 is 5.32 Å². The van der Waals surface area contributed by atoms with Crippen LogP contribution >= 0.6 is 0 Å². The van der Waals surface area contributed by atoms with Crippen molar-refractivity contribution in [3.05, 3.63) is 52.6 Å². The van der Waals surface area contributed by atoms with E-state index in [-0.39, 0.29) is 18.2 Å². The Bertz CT molecular complexity index is 666. The van der Waals surface area contributed by atoms with Gasteiger partial charge in [-0.15, -0.1) is 0 Å². The molecule has 0 saturated heterocycles. The molecule has 0 fully saturated rings. The summed E-state index contributed by atoms with van der Waals surface area (Å²) in [4.78, 5) is 0. The molecule has 0 bridgehead atoms. The topological polar surface area (TPSA) is 29.9 Å². The van der Waals surface area contributed by atoms with Crippen molar-refractivity contribution in [3.8, 4) is 0 Å². The second kappa shape index (κ2) is 5.52. The number of hydrogen-bond acceptors (Lipinski definition) is 2. The molecule has 1 heterocycles. The van der Waals surface area contributed by atoms with Crippen LogP contribution < -0.4 is 5.32 Å². The van der Waals surface area contributed by atoms with Gasteiger partial charge in [0.1, 0.15) is 5.82 Å². The molecule has 0 saturated carbocycles. The molecule has 1 aromatic carbocycles. The van der Waals surface area contributed by atoms with Crippen molar-refractivity contribution in [1.82, 2.24) is 15.1 Å². The number of rotatable bonds is 3. The number of nitrogens with one attached hydrogen (secondary N) is 1. The monoisotopic (exact) mass is 295 g/mol. The van der Waals surface area contributed by atoms with Crippen LogP contribution in [0.15, 0.2) is 18.3 Å². The number of aromatic nitrogens is 2. The highest BCUT2D eigenvalue weighted by Crippen LogP contribution is 2.29. The fourth-order valence-electron chi connectivity index (χ4n) is 2.85. The first-order valence-electron chi connectivity index (χ1n) is 6.94. The smallest absolute Gasteiger partial charge is 0.161 e. The lowest BCUT2D eigenvalue weighted by Crippen LogP contribution is -2.25. The minimum absolute atomic E-state index is 0.0648. The van der Waals surface area contributed by atoms with Crippen molar-refractivity contribution in [2.45, 2.75) is 31.8 Å². The van der Waals surface area contributed by atoms with E-state index in [0.29, 0.717) is 6.07 Å². The number of fused-ring (bicyclic) bond motifs is 1. The zero-order chi connectivity index (χ0) is 15.0. The third-order valence-electron chi connectivity index (χ3n) is 4.00. The molecule has 112 valence electrons. The van der Waals surface area contributed by atoms with Crippen LogP contribution in [0.1, 0.15) is 35.7 Å². The number of aryl methyl sites for hydroxylation is 1. The molecule has 1 aliphatic rings. The van der Waals surface area contributed by atoms with Crippen LogP contribution in [-0.4, -0.2) is 9.78 Å². The first-order valence-corrected chi connectivity index (χ1v) is 6.94. The van der Waals surface area contributed by atoms with E-state index in [0.717, 1.165) is 30.9 Å². The zero-order valence-corrected chi connectivity index (χ0v) is 11.7. The minimum Gasteiger partial charge on any atom is -0.306 e. The maximum Gasteiger partial charge on any atom is 0.161 e. The van der Waals surface area contributed by atoms with Crippen molar-refractivity contribution in [2.75, 3.05) is 0 Å². The summed E-state index contributed by atoms with van der Waals surface area (Å²) >= 11 is 0. The van der Waals surface area contributed by atoms with Gasteiger partial charge in [0.15, 0.2) is 11.6 Å². The largest absolute Gasteiger partial charge is 0.306 e.